The lowest BCUT2D eigenvalue weighted by Crippen LogP contribution is -2.22. The Labute approximate surface area is 170 Å². The highest BCUT2D eigenvalue weighted by molar-refractivity contribution is 7.16. The van der Waals surface area contributed by atoms with E-state index in [0.717, 1.165) is 4.70 Å². The summed E-state index contributed by atoms with van der Waals surface area (Å²) in [6.45, 7) is 1.32. The van der Waals surface area contributed by atoms with E-state index in [4.69, 9.17) is 9.47 Å². The number of hydrogen-bond donors (Lipinski definition) is 1. The molecule has 0 spiro atoms. The minimum absolute atomic E-state index is 0.103. The average Bonchev–Trinajstić information content (AvgIpc) is 3.03. The number of para-hydroxylation sites is 1. The van der Waals surface area contributed by atoms with Crippen molar-refractivity contribution >= 4 is 45.0 Å². The van der Waals surface area contributed by atoms with Crippen molar-refractivity contribution < 1.29 is 23.9 Å². The van der Waals surface area contributed by atoms with E-state index in [1.807, 2.05) is 0 Å². The second kappa shape index (κ2) is 8.70. The number of methoxy groups -OCH3 is 2. The molecular weight excluding hydrogens is 394 g/mol. The number of aromatic nitrogens is 1. The zero-order chi connectivity index (χ0) is 21.0. The van der Waals surface area contributed by atoms with Crippen LogP contribution < -0.4 is 14.9 Å². The van der Waals surface area contributed by atoms with E-state index in [2.05, 4.69) is 10.3 Å². The van der Waals surface area contributed by atoms with Crippen LogP contribution in [0.5, 0.6) is 5.75 Å². The van der Waals surface area contributed by atoms with Crippen LogP contribution in [0.4, 0.5) is 5.69 Å². The maximum absolute atomic E-state index is 12.8. The van der Waals surface area contributed by atoms with Gasteiger partial charge in [-0.2, -0.15) is 4.99 Å². The largest absolute Gasteiger partial charge is 0.496 e. The van der Waals surface area contributed by atoms with Crippen molar-refractivity contribution in [3.8, 4) is 5.75 Å². The Kier molecular flexibility index (Phi) is 6.08. The van der Waals surface area contributed by atoms with Crippen LogP contribution in [-0.2, 0) is 20.9 Å². The van der Waals surface area contributed by atoms with Gasteiger partial charge in [0.15, 0.2) is 4.80 Å². The van der Waals surface area contributed by atoms with E-state index in [9.17, 15) is 14.4 Å². The van der Waals surface area contributed by atoms with Gasteiger partial charge in [-0.3, -0.25) is 14.4 Å². The lowest BCUT2D eigenvalue weighted by Gasteiger charge is -2.06. The topological polar surface area (TPSA) is 99.0 Å². The number of amides is 2. The van der Waals surface area contributed by atoms with Gasteiger partial charge >= 0.3 is 5.97 Å². The minimum Gasteiger partial charge on any atom is -0.496 e. The van der Waals surface area contributed by atoms with Gasteiger partial charge < -0.3 is 19.4 Å². The van der Waals surface area contributed by atoms with Gasteiger partial charge in [0, 0.05) is 12.6 Å². The predicted octanol–water partition coefficient (Wildman–Crippen LogP) is 2.58. The highest BCUT2D eigenvalue weighted by Gasteiger charge is 2.15. The molecule has 150 valence electrons. The number of ether oxygens (including phenoxy) is 2. The number of thiazole rings is 1. The Hall–Kier alpha value is -3.46. The molecule has 0 fully saturated rings. The number of nitrogens with zero attached hydrogens (tertiary/aromatic N) is 2. The number of benzene rings is 2. The van der Waals surface area contributed by atoms with Gasteiger partial charge in [0.2, 0.25) is 5.91 Å². The van der Waals surface area contributed by atoms with Gasteiger partial charge in [0.05, 0.1) is 30.0 Å². The summed E-state index contributed by atoms with van der Waals surface area (Å²) < 4.78 is 12.4. The van der Waals surface area contributed by atoms with Gasteiger partial charge in [-0.25, -0.2) is 0 Å². The number of carbonyl (C=O) groups excluding carboxylic acids is 3. The molecular formula is C20H19N3O5S. The van der Waals surface area contributed by atoms with Gasteiger partial charge in [-0.1, -0.05) is 23.5 Å². The molecule has 9 heteroatoms. The number of nitrogens with one attached hydrogen (secondary N) is 1. The third kappa shape index (κ3) is 4.52. The smallest absolute Gasteiger partial charge is 0.325 e. The normalized spacial score (nSPS) is 11.3. The molecule has 0 saturated carbocycles. The molecule has 0 bridgehead atoms. The molecule has 0 aliphatic heterocycles. The molecule has 0 aliphatic rings. The van der Waals surface area contributed by atoms with Crippen LogP contribution in [0, 0.1) is 0 Å². The van der Waals surface area contributed by atoms with Crippen molar-refractivity contribution in [1.29, 1.82) is 0 Å². The van der Waals surface area contributed by atoms with Crippen molar-refractivity contribution in [1.82, 2.24) is 4.57 Å². The quantitative estimate of drug-likeness (QED) is 0.648. The fraction of sp³-hybridized carbons (Fsp3) is 0.200. The third-order valence-electron chi connectivity index (χ3n) is 4.05. The highest BCUT2D eigenvalue weighted by Crippen LogP contribution is 2.23. The molecule has 0 atom stereocenters. The lowest BCUT2D eigenvalue weighted by molar-refractivity contribution is -0.141. The summed E-state index contributed by atoms with van der Waals surface area (Å²) in [5, 5.41) is 2.71. The monoisotopic (exact) mass is 413 g/mol. The molecule has 8 nitrogen and oxygen atoms in total. The van der Waals surface area contributed by atoms with Crippen LogP contribution in [0.15, 0.2) is 47.5 Å². The molecule has 2 aromatic carbocycles. The summed E-state index contributed by atoms with van der Waals surface area (Å²) >= 11 is 1.23. The number of esters is 1. The van der Waals surface area contributed by atoms with E-state index in [-0.39, 0.29) is 12.5 Å². The van der Waals surface area contributed by atoms with Crippen LogP contribution in [-0.4, -0.2) is 36.6 Å². The molecule has 29 heavy (non-hydrogen) atoms. The first-order valence-electron chi connectivity index (χ1n) is 8.62. The van der Waals surface area contributed by atoms with Crippen molar-refractivity contribution in [3.63, 3.8) is 0 Å². The minimum atomic E-state index is -0.491. The van der Waals surface area contributed by atoms with Crippen LogP contribution in [0.25, 0.3) is 10.2 Å². The molecule has 3 rings (SSSR count). The van der Waals surface area contributed by atoms with Crippen molar-refractivity contribution in [2.75, 3.05) is 19.5 Å². The summed E-state index contributed by atoms with van der Waals surface area (Å²) in [6, 6.07) is 12.0. The summed E-state index contributed by atoms with van der Waals surface area (Å²) in [5.41, 5.74) is 1.62. The molecule has 0 unspecified atom stereocenters. The standard InChI is InChI=1S/C20H19N3O5S/c1-12(24)21-13-8-9-15-17(10-13)29-20(23(15)11-18(25)28-3)22-19(26)14-6-4-5-7-16(14)27-2/h4-10H,11H2,1-3H3,(H,21,24). The van der Waals surface area contributed by atoms with Crippen molar-refractivity contribution in [2.45, 2.75) is 13.5 Å². The first-order chi connectivity index (χ1) is 13.9. The van der Waals surface area contributed by atoms with E-state index in [0.29, 0.717) is 27.3 Å². The van der Waals surface area contributed by atoms with E-state index >= 15 is 0 Å². The molecule has 1 N–H and O–H groups in total. The van der Waals surface area contributed by atoms with Gasteiger partial charge in [-0.15, -0.1) is 0 Å². The summed E-state index contributed by atoms with van der Waals surface area (Å²) in [5.74, 6) is -0.744. The third-order valence-corrected chi connectivity index (χ3v) is 5.09. The molecule has 0 saturated heterocycles. The second-order valence-electron chi connectivity index (χ2n) is 6.03. The molecule has 1 aromatic heterocycles. The van der Waals surface area contributed by atoms with Crippen LogP contribution in [0.1, 0.15) is 17.3 Å². The maximum Gasteiger partial charge on any atom is 0.325 e. The lowest BCUT2D eigenvalue weighted by atomic mass is 10.2. The Morgan fingerprint density at radius 2 is 1.90 bits per heavy atom. The van der Waals surface area contributed by atoms with E-state index in [1.54, 1.807) is 47.0 Å². The molecule has 1 heterocycles. The summed E-state index contributed by atoms with van der Waals surface area (Å²) in [4.78, 5) is 40.5. The first kappa shape index (κ1) is 20.3. The number of hydrogen-bond acceptors (Lipinski definition) is 6. The fourth-order valence-corrected chi connectivity index (χ4v) is 3.82. The van der Waals surface area contributed by atoms with E-state index in [1.165, 1.54) is 32.5 Å². The molecule has 3 aromatic rings. The number of rotatable bonds is 5. The second-order valence-corrected chi connectivity index (χ2v) is 7.04. The summed E-state index contributed by atoms with van der Waals surface area (Å²) in [7, 11) is 2.77. The van der Waals surface area contributed by atoms with Crippen molar-refractivity contribution in [2.24, 2.45) is 4.99 Å². The SMILES string of the molecule is COC(=O)Cn1c(=NC(=O)c2ccccc2OC)sc2cc(NC(C)=O)ccc21. The maximum atomic E-state index is 12.8. The van der Waals surface area contributed by atoms with Crippen molar-refractivity contribution in [3.05, 3.63) is 52.8 Å². The van der Waals surface area contributed by atoms with Gasteiger partial charge in [0.1, 0.15) is 12.3 Å². The zero-order valence-corrected chi connectivity index (χ0v) is 16.9. The predicted molar refractivity (Wildman–Crippen MR) is 109 cm³/mol. The van der Waals surface area contributed by atoms with E-state index < -0.39 is 11.9 Å². The van der Waals surface area contributed by atoms with Gasteiger partial charge in [-0.05, 0) is 30.3 Å². The zero-order valence-electron chi connectivity index (χ0n) is 16.1. The Balaban J connectivity index is 2.14. The highest BCUT2D eigenvalue weighted by atomic mass is 32.1. The molecule has 2 amide bonds. The Bertz CT molecular complexity index is 1160. The number of anilines is 1. The fourth-order valence-electron chi connectivity index (χ4n) is 2.75. The average molecular weight is 413 g/mol. The van der Waals surface area contributed by atoms with Crippen LogP contribution in [0.2, 0.25) is 0 Å². The summed E-state index contributed by atoms with van der Waals surface area (Å²) in [6.07, 6.45) is 0. The Morgan fingerprint density at radius 1 is 1.14 bits per heavy atom. The number of fused-ring (bicyclic) bond motifs is 1. The molecule has 0 aliphatic carbocycles. The number of carbonyl (C=O) groups is 3. The van der Waals surface area contributed by atoms with Crippen LogP contribution >= 0.6 is 11.3 Å². The molecule has 0 radical (unpaired) electrons. The van der Waals surface area contributed by atoms with Gasteiger partial charge in [0.25, 0.3) is 5.91 Å². The first-order valence-corrected chi connectivity index (χ1v) is 9.44. The Morgan fingerprint density at radius 3 is 2.59 bits per heavy atom. The van der Waals surface area contributed by atoms with Crippen LogP contribution in [0.3, 0.4) is 0 Å².